The molecule has 0 aliphatic rings. The molecule has 0 aromatic heterocycles. The highest BCUT2D eigenvalue weighted by atomic mass is 35.5. The number of anilines is 1. The van der Waals surface area contributed by atoms with Gasteiger partial charge in [-0.25, -0.2) is 4.39 Å². The average molecular weight is 262 g/mol. The average Bonchev–Trinajstić information content (AvgIpc) is 2.29. The lowest BCUT2D eigenvalue weighted by Crippen LogP contribution is -2.28. The van der Waals surface area contributed by atoms with Gasteiger partial charge in [0.1, 0.15) is 11.5 Å². The molecule has 1 aromatic carbocycles. The van der Waals surface area contributed by atoms with Gasteiger partial charge in [-0.15, -0.1) is 0 Å². The molecule has 0 saturated heterocycles. The molecule has 0 amide bonds. The molecule has 5 nitrogen and oxygen atoms in total. The second-order valence-electron chi connectivity index (χ2n) is 3.59. The van der Waals surface area contributed by atoms with Gasteiger partial charge in [-0.1, -0.05) is 18.5 Å². The summed E-state index contributed by atoms with van der Waals surface area (Å²) in [4.78, 5) is 10.1. The van der Waals surface area contributed by atoms with Crippen LogP contribution in [-0.2, 0) is 0 Å². The van der Waals surface area contributed by atoms with Crippen molar-refractivity contribution in [2.24, 2.45) is 5.73 Å². The third-order valence-electron chi connectivity index (χ3n) is 2.31. The van der Waals surface area contributed by atoms with Gasteiger partial charge < -0.3 is 11.1 Å². The van der Waals surface area contributed by atoms with Gasteiger partial charge in [-0.2, -0.15) is 0 Å². The van der Waals surface area contributed by atoms with Crippen molar-refractivity contribution in [3.63, 3.8) is 0 Å². The van der Waals surface area contributed by atoms with Crippen molar-refractivity contribution in [1.82, 2.24) is 0 Å². The van der Waals surface area contributed by atoms with E-state index in [9.17, 15) is 14.5 Å². The second-order valence-corrected chi connectivity index (χ2v) is 4.00. The van der Waals surface area contributed by atoms with Crippen molar-refractivity contribution < 1.29 is 9.31 Å². The number of halogens is 2. The SMILES string of the molecule is CCC(N)CNc1cc(F)c(Cl)cc1[N+](=O)[O-]. The molecule has 1 aromatic rings. The molecule has 1 atom stereocenters. The molecule has 0 aliphatic heterocycles. The Hall–Kier alpha value is -1.40. The fourth-order valence-electron chi connectivity index (χ4n) is 1.21. The van der Waals surface area contributed by atoms with E-state index in [2.05, 4.69) is 5.32 Å². The smallest absolute Gasteiger partial charge is 0.294 e. The summed E-state index contributed by atoms with van der Waals surface area (Å²) >= 11 is 5.49. The van der Waals surface area contributed by atoms with E-state index in [1.807, 2.05) is 6.92 Å². The highest BCUT2D eigenvalue weighted by Gasteiger charge is 2.17. The van der Waals surface area contributed by atoms with Gasteiger partial charge in [0.2, 0.25) is 0 Å². The Morgan fingerprint density at radius 2 is 2.29 bits per heavy atom. The number of nitro groups is 1. The lowest BCUT2D eigenvalue weighted by molar-refractivity contribution is -0.384. The number of nitrogens with one attached hydrogen (secondary N) is 1. The lowest BCUT2D eigenvalue weighted by Gasteiger charge is -2.12. The Labute approximate surface area is 103 Å². The Morgan fingerprint density at radius 3 is 2.82 bits per heavy atom. The van der Waals surface area contributed by atoms with E-state index in [4.69, 9.17) is 17.3 Å². The molecule has 7 heteroatoms. The van der Waals surface area contributed by atoms with E-state index in [1.54, 1.807) is 0 Å². The molecule has 1 unspecified atom stereocenters. The molecule has 0 radical (unpaired) electrons. The zero-order valence-corrected chi connectivity index (χ0v) is 10.00. The minimum atomic E-state index is -0.704. The lowest BCUT2D eigenvalue weighted by atomic mass is 10.2. The van der Waals surface area contributed by atoms with Crippen LogP contribution in [0.3, 0.4) is 0 Å². The van der Waals surface area contributed by atoms with Crippen LogP contribution in [0.5, 0.6) is 0 Å². The van der Waals surface area contributed by atoms with E-state index in [1.165, 1.54) is 0 Å². The first kappa shape index (κ1) is 13.7. The molecule has 94 valence electrons. The Balaban J connectivity index is 2.96. The van der Waals surface area contributed by atoms with Crippen molar-refractivity contribution in [1.29, 1.82) is 0 Å². The number of nitro benzene ring substituents is 1. The first-order valence-electron chi connectivity index (χ1n) is 5.08. The molecular weight excluding hydrogens is 249 g/mol. The number of nitrogens with two attached hydrogens (primary N) is 1. The zero-order chi connectivity index (χ0) is 13.0. The molecule has 1 rings (SSSR count). The van der Waals surface area contributed by atoms with E-state index in [0.717, 1.165) is 18.6 Å². The summed E-state index contributed by atoms with van der Waals surface area (Å²) in [6, 6.07) is 1.84. The highest BCUT2D eigenvalue weighted by molar-refractivity contribution is 6.31. The monoisotopic (exact) mass is 261 g/mol. The minimum absolute atomic E-state index is 0.0841. The topological polar surface area (TPSA) is 81.2 Å². The van der Waals surface area contributed by atoms with Gasteiger partial charge in [0.15, 0.2) is 0 Å². The maximum atomic E-state index is 13.2. The van der Waals surface area contributed by atoms with Gasteiger partial charge in [-0.3, -0.25) is 10.1 Å². The molecule has 0 spiro atoms. The highest BCUT2D eigenvalue weighted by Crippen LogP contribution is 2.30. The largest absolute Gasteiger partial charge is 0.378 e. The third-order valence-corrected chi connectivity index (χ3v) is 2.60. The van der Waals surface area contributed by atoms with Crippen LogP contribution in [0.15, 0.2) is 12.1 Å². The first-order chi connectivity index (χ1) is 7.95. The summed E-state index contributed by atoms with van der Waals surface area (Å²) in [6.07, 6.45) is 0.719. The molecule has 0 aliphatic carbocycles. The third kappa shape index (κ3) is 3.54. The zero-order valence-electron chi connectivity index (χ0n) is 9.24. The van der Waals surface area contributed by atoms with Crippen LogP contribution in [0.25, 0.3) is 0 Å². The van der Waals surface area contributed by atoms with Crippen molar-refractivity contribution in [2.75, 3.05) is 11.9 Å². The summed E-state index contributed by atoms with van der Waals surface area (Å²) in [5.74, 6) is -0.704. The van der Waals surface area contributed by atoms with Crippen molar-refractivity contribution in [3.8, 4) is 0 Å². The van der Waals surface area contributed by atoms with Gasteiger partial charge >= 0.3 is 0 Å². The predicted octanol–water partition coefficient (Wildman–Crippen LogP) is 2.54. The molecule has 17 heavy (non-hydrogen) atoms. The van der Waals surface area contributed by atoms with E-state index in [0.29, 0.717) is 6.54 Å². The number of rotatable bonds is 5. The van der Waals surface area contributed by atoms with Crippen LogP contribution in [0.1, 0.15) is 13.3 Å². The standard InChI is InChI=1S/C10H13ClFN3O2/c1-2-6(13)5-14-9-4-8(12)7(11)3-10(9)15(16)17/h3-4,6,14H,2,5,13H2,1H3. The summed E-state index contributed by atoms with van der Waals surface area (Å²) in [7, 11) is 0. The van der Waals surface area contributed by atoms with Gasteiger partial charge in [0.25, 0.3) is 5.69 Å². The van der Waals surface area contributed by atoms with Crippen LogP contribution in [0.2, 0.25) is 5.02 Å². The van der Waals surface area contributed by atoms with E-state index < -0.39 is 10.7 Å². The molecule has 3 N–H and O–H groups in total. The minimum Gasteiger partial charge on any atom is -0.378 e. The Kier molecular flexibility index (Phi) is 4.65. The van der Waals surface area contributed by atoms with Crippen molar-refractivity contribution >= 4 is 23.0 Å². The number of hydrogen-bond acceptors (Lipinski definition) is 4. The Bertz CT molecular complexity index is 428. The van der Waals surface area contributed by atoms with E-state index >= 15 is 0 Å². The predicted molar refractivity (Wildman–Crippen MR) is 64.8 cm³/mol. The van der Waals surface area contributed by atoms with Crippen LogP contribution in [-0.4, -0.2) is 17.5 Å². The van der Waals surface area contributed by atoms with E-state index in [-0.39, 0.29) is 22.4 Å². The normalized spacial score (nSPS) is 12.2. The van der Waals surface area contributed by atoms with Crippen LogP contribution < -0.4 is 11.1 Å². The van der Waals surface area contributed by atoms with Crippen LogP contribution in [0, 0.1) is 15.9 Å². The summed E-state index contributed by atoms with van der Waals surface area (Å²) in [6.45, 7) is 2.22. The van der Waals surface area contributed by atoms with Gasteiger partial charge in [0.05, 0.1) is 9.95 Å². The quantitative estimate of drug-likeness (QED) is 0.630. The fourth-order valence-corrected chi connectivity index (χ4v) is 1.37. The van der Waals surface area contributed by atoms with Gasteiger partial charge in [-0.05, 0) is 6.42 Å². The molecule has 0 saturated carbocycles. The maximum absolute atomic E-state index is 13.2. The molecule has 0 fully saturated rings. The summed E-state index contributed by atoms with van der Waals surface area (Å²) in [5.41, 5.74) is 5.48. The fraction of sp³-hybridized carbons (Fsp3) is 0.400. The Morgan fingerprint density at radius 1 is 1.65 bits per heavy atom. The summed E-state index contributed by atoms with van der Waals surface area (Å²) in [5, 5.41) is 13.2. The van der Waals surface area contributed by atoms with Crippen molar-refractivity contribution in [3.05, 3.63) is 33.1 Å². The number of benzene rings is 1. The van der Waals surface area contributed by atoms with Crippen LogP contribution in [0.4, 0.5) is 15.8 Å². The summed E-state index contributed by atoms with van der Waals surface area (Å²) < 4.78 is 13.2. The molecule has 0 heterocycles. The molecular formula is C10H13ClFN3O2. The van der Waals surface area contributed by atoms with Gasteiger partial charge in [0, 0.05) is 24.7 Å². The molecule has 0 bridgehead atoms. The second kappa shape index (κ2) is 5.79. The first-order valence-corrected chi connectivity index (χ1v) is 5.46. The van der Waals surface area contributed by atoms with Crippen LogP contribution >= 0.6 is 11.6 Å². The van der Waals surface area contributed by atoms with Crippen molar-refractivity contribution in [2.45, 2.75) is 19.4 Å². The number of nitrogens with zero attached hydrogens (tertiary/aromatic N) is 1. The number of hydrogen-bond donors (Lipinski definition) is 2. The maximum Gasteiger partial charge on any atom is 0.294 e.